The van der Waals surface area contributed by atoms with Gasteiger partial charge in [-0.05, 0) is 11.6 Å². The van der Waals surface area contributed by atoms with Crippen molar-refractivity contribution in [3.05, 3.63) is 15.6 Å². The van der Waals surface area contributed by atoms with E-state index in [1.807, 2.05) is 0 Å². The Morgan fingerprint density at radius 2 is 1.75 bits per heavy atom. The minimum atomic E-state index is -0.895. The van der Waals surface area contributed by atoms with Gasteiger partial charge in [0.15, 0.2) is 16.1 Å². The second kappa shape index (κ2) is 5.93. The van der Waals surface area contributed by atoms with E-state index >= 15 is 0 Å². The lowest BCUT2D eigenvalue weighted by atomic mass is 10.6. The Labute approximate surface area is 106 Å². The van der Waals surface area contributed by atoms with Gasteiger partial charge in [0.2, 0.25) is 5.28 Å². The van der Waals surface area contributed by atoms with Crippen LogP contribution in [-0.2, 0) is 4.74 Å². The quantitative estimate of drug-likeness (QED) is 0.519. The molecule has 1 rings (SSSR count). The molecule has 0 radical (unpaired) electrons. The molecule has 0 bridgehead atoms. The van der Waals surface area contributed by atoms with Gasteiger partial charge >= 0.3 is 6.09 Å². The Hall–Kier alpha value is -0.980. The van der Waals surface area contributed by atoms with E-state index in [0.717, 1.165) is 0 Å². The van der Waals surface area contributed by atoms with Gasteiger partial charge in [0.1, 0.15) is 13.2 Å². The first-order chi connectivity index (χ1) is 7.50. The van der Waals surface area contributed by atoms with Crippen LogP contribution in [0.25, 0.3) is 0 Å². The van der Waals surface area contributed by atoms with Crippen molar-refractivity contribution >= 4 is 40.9 Å². The van der Waals surface area contributed by atoms with Gasteiger partial charge in [-0.2, -0.15) is 0 Å². The zero-order valence-corrected chi connectivity index (χ0v) is 10.0. The molecule has 2 N–H and O–H groups in total. The largest absolute Gasteiger partial charge is 0.484 e. The van der Waals surface area contributed by atoms with E-state index in [-0.39, 0.29) is 34.6 Å². The molecular weight excluding hydrogens is 280 g/mol. The fourth-order valence-corrected chi connectivity index (χ4v) is 1.53. The van der Waals surface area contributed by atoms with Gasteiger partial charge in [-0.1, -0.05) is 23.2 Å². The summed E-state index contributed by atoms with van der Waals surface area (Å²) in [5, 5.41) is -0.135. The van der Waals surface area contributed by atoms with Gasteiger partial charge in [-0.25, -0.2) is 14.8 Å². The Bertz CT molecular complexity index is 379. The average Bonchev–Trinajstić information content (AvgIpc) is 2.14. The Morgan fingerprint density at radius 1 is 1.19 bits per heavy atom. The van der Waals surface area contributed by atoms with Crippen LogP contribution in [0, 0.1) is 0 Å². The second-order valence-corrected chi connectivity index (χ2v) is 3.47. The Kier molecular flexibility index (Phi) is 4.85. The van der Waals surface area contributed by atoms with Crippen LogP contribution in [0.3, 0.4) is 0 Å². The summed E-state index contributed by atoms with van der Waals surface area (Å²) in [6.45, 7) is -0.0159. The van der Waals surface area contributed by atoms with E-state index in [1.54, 1.807) is 0 Å². The highest BCUT2D eigenvalue weighted by molar-refractivity contribution is 6.37. The van der Waals surface area contributed by atoms with Crippen molar-refractivity contribution in [2.75, 3.05) is 13.2 Å². The maximum atomic E-state index is 10.2. The van der Waals surface area contributed by atoms with Crippen molar-refractivity contribution in [1.29, 1.82) is 0 Å². The highest BCUT2D eigenvalue weighted by Gasteiger charge is 2.12. The first kappa shape index (κ1) is 13.1. The molecule has 0 saturated heterocycles. The third-order valence-corrected chi connectivity index (χ3v) is 2.01. The zero-order valence-electron chi connectivity index (χ0n) is 7.74. The normalized spacial score (nSPS) is 9.94. The molecule has 1 aromatic rings. The van der Waals surface area contributed by atoms with Gasteiger partial charge < -0.3 is 15.2 Å². The summed E-state index contributed by atoms with van der Waals surface area (Å²) in [7, 11) is 0. The fraction of sp³-hybridized carbons (Fsp3) is 0.286. The minimum Gasteiger partial charge on any atom is -0.484 e. The lowest BCUT2D eigenvalue weighted by Gasteiger charge is -2.08. The van der Waals surface area contributed by atoms with Crippen molar-refractivity contribution in [3.63, 3.8) is 0 Å². The number of halogens is 3. The SMILES string of the molecule is NC(=O)OCCOc1c(Cl)nc(Cl)nc1Cl. The molecule has 9 heteroatoms. The van der Waals surface area contributed by atoms with Crippen LogP contribution in [0.1, 0.15) is 0 Å². The molecule has 0 aliphatic carbocycles. The van der Waals surface area contributed by atoms with Crippen LogP contribution in [0.5, 0.6) is 5.75 Å². The van der Waals surface area contributed by atoms with Gasteiger partial charge in [-0.15, -0.1) is 0 Å². The highest BCUT2D eigenvalue weighted by atomic mass is 35.5. The van der Waals surface area contributed by atoms with Crippen LogP contribution < -0.4 is 10.5 Å². The topological polar surface area (TPSA) is 87.3 Å². The lowest BCUT2D eigenvalue weighted by molar-refractivity contribution is 0.133. The number of aromatic nitrogens is 2. The van der Waals surface area contributed by atoms with E-state index in [0.29, 0.717) is 0 Å². The molecule has 0 aromatic carbocycles. The van der Waals surface area contributed by atoms with E-state index < -0.39 is 6.09 Å². The van der Waals surface area contributed by atoms with Crippen molar-refractivity contribution in [2.45, 2.75) is 0 Å². The first-order valence-electron chi connectivity index (χ1n) is 3.94. The number of carbonyl (C=O) groups excluding carboxylic acids is 1. The molecule has 16 heavy (non-hydrogen) atoms. The van der Waals surface area contributed by atoms with Crippen LogP contribution >= 0.6 is 34.8 Å². The number of ether oxygens (including phenoxy) is 2. The molecule has 6 nitrogen and oxygen atoms in total. The molecule has 0 aliphatic heterocycles. The molecule has 0 atom stereocenters. The van der Waals surface area contributed by atoms with Gasteiger partial charge in [-0.3, -0.25) is 0 Å². The molecule has 0 spiro atoms. The van der Waals surface area contributed by atoms with E-state index in [4.69, 9.17) is 45.3 Å². The van der Waals surface area contributed by atoms with Gasteiger partial charge in [0.25, 0.3) is 0 Å². The lowest BCUT2D eigenvalue weighted by Crippen LogP contribution is -2.17. The second-order valence-electron chi connectivity index (χ2n) is 2.42. The maximum Gasteiger partial charge on any atom is 0.404 e. The number of carbonyl (C=O) groups is 1. The number of hydrogen-bond acceptors (Lipinski definition) is 5. The smallest absolute Gasteiger partial charge is 0.404 e. The molecule has 88 valence electrons. The third-order valence-electron chi connectivity index (χ3n) is 1.33. The average molecular weight is 287 g/mol. The first-order valence-corrected chi connectivity index (χ1v) is 5.07. The molecule has 0 aliphatic rings. The summed E-state index contributed by atoms with van der Waals surface area (Å²) in [5.74, 6) is 0.0702. The van der Waals surface area contributed by atoms with E-state index in [1.165, 1.54) is 0 Å². The van der Waals surface area contributed by atoms with E-state index in [2.05, 4.69) is 14.7 Å². The summed E-state index contributed by atoms with van der Waals surface area (Å²) in [5.41, 5.74) is 4.74. The minimum absolute atomic E-state index is 0.0212. The summed E-state index contributed by atoms with van der Waals surface area (Å²) in [6.07, 6.45) is -0.895. The predicted octanol–water partition coefficient (Wildman–Crippen LogP) is 1.91. The molecule has 1 heterocycles. The summed E-state index contributed by atoms with van der Waals surface area (Å²) in [6, 6.07) is 0. The standard InChI is InChI=1S/C7H6Cl3N3O3/c8-4-3(5(9)13-6(10)12-4)15-1-2-16-7(11)14/h1-2H2,(H2,11,14). The maximum absolute atomic E-state index is 10.2. The Morgan fingerprint density at radius 3 is 2.25 bits per heavy atom. The molecule has 1 aromatic heterocycles. The van der Waals surface area contributed by atoms with E-state index in [9.17, 15) is 4.79 Å². The van der Waals surface area contributed by atoms with Crippen LogP contribution in [0.15, 0.2) is 0 Å². The monoisotopic (exact) mass is 285 g/mol. The van der Waals surface area contributed by atoms with Crippen molar-refractivity contribution in [1.82, 2.24) is 9.97 Å². The summed E-state index contributed by atoms with van der Waals surface area (Å²) < 4.78 is 9.52. The number of amides is 1. The highest BCUT2D eigenvalue weighted by Crippen LogP contribution is 2.30. The molecular formula is C7H6Cl3N3O3. The molecule has 0 unspecified atom stereocenters. The van der Waals surface area contributed by atoms with Crippen LogP contribution in [-0.4, -0.2) is 29.3 Å². The molecule has 0 fully saturated rings. The number of nitrogens with zero attached hydrogens (tertiary/aromatic N) is 2. The Balaban J connectivity index is 2.57. The predicted molar refractivity (Wildman–Crippen MR) is 58.1 cm³/mol. The summed E-state index contributed by atoms with van der Waals surface area (Å²) >= 11 is 16.9. The fourth-order valence-electron chi connectivity index (χ4n) is 0.779. The number of hydrogen-bond donors (Lipinski definition) is 1. The zero-order chi connectivity index (χ0) is 12.1. The third kappa shape index (κ3) is 3.88. The van der Waals surface area contributed by atoms with Crippen molar-refractivity contribution in [2.24, 2.45) is 5.73 Å². The van der Waals surface area contributed by atoms with Crippen LogP contribution in [0.4, 0.5) is 4.79 Å². The van der Waals surface area contributed by atoms with Gasteiger partial charge in [0.05, 0.1) is 0 Å². The molecule has 0 saturated carbocycles. The van der Waals surface area contributed by atoms with Crippen molar-refractivity contribution < 1.29 is 14.3 Å². The number of primary amides is 1. The van der Waals surface area contributed by atoms with Gasteiger partial charge in [0, 0.05) is 0 Å². The molecule has 1 amide bonds. The van der Waals surface area contributed by atoms with Crippen molar-refractivity contribution in [3.8, 4) is 5.75 Å². The van der Waals surface area contributed by atoms with Crippen LogP contribution in [0.2, 0.25) is 15.6 Å². The summed E-state index contributed by atoms with van der Waals surface area (Å²) in [4.78, 5) is 17.5. The number of nitrogens with two attached hydrogens (primary N) is 1. The number of rotatable bonds is 4.